The van der Waals surface area contributed by atoms with E-state index in [1.807, 2.05) is 13.8 Å². The van der Waals surface area contributed by atoms with E-state index < -0.39 is 12.1 Å². The number of terminal acetylenes is 1. The number of anilines is 1. The Bertz CT molecular complexity index is 717. The molecular weight excluding hydrogens is 310 g/mol. The monoisotopic (exact) mass is 329 g/mol. The minimum atomic E-state index is -1.07. The van der Waals surface area contributed by atoms with E-state index in [1.165, 1.54) is 11.0 Å². The molecule has 0 spiro atoms. The lowest BCUT2D eigenvalue weighted by Gasteiger charge is -2.34. The summed E-state index contributed by atoms with van der Waals surface area (Å²) < 4.78 is 11.4. The molecule has 126 valence electrons. The third kappa shape index (κ3) is 3.51. The van der Waals surface area contributed by atoms with Crippen molar-refractivity contribution in [1.29, 1.82) is 0 Å². The highest BCUT2D eigenvalue weighted by Crippen LogP contribution is 2.43. The second-order valence-electron chi connectivity index (χ2n) is 5.12. The van der Waals surface area contributed by atoms with Crippen LogP contribution in [0.5, 0.6) is 11.5 Å². The van der Waals surface area contributed by atoms with Crippen molar-refractivity contribution in [3.05, 3.63) is 23.8 Å². The van der Waals surface area contributed by atoms with Crippen molar-refractivity contribution in [2.45, 2.75) is 26.4 Å². The van der Waals surface area contributed by atoms with Crippen LogP contribution in [0.3, 0.4) is 0 Å². The topological polar surface area (TPSA) is 76.1 Å². The summed E-state index contributed by atoms with van der Waals surface area (Å²) in [6.45, 7) is 4.19. The molecule has 2 rings (SSSR count). The van der Waals surface area contributed by atoms with E-state index in [9.17, 15) is 9.59 Å². The van der Waals surface area contributed by atoms with Crippen LogP contribution in [0, 0.1) is 12.3 Å². The molecule has 1 atom stereocenters. The third-order valence-electron chi connectivity index (χ3n) is 3.49. The molecule has 0 fully saturated rings. The Kier molecular flexibility index (Phi) is 5.48. The van der Waals surface area contributed by atoms with Crippen LogP contribution in [-0.4, -0.2) is 36.2 Å². The molecule has 24 heavy (non-hydrogen) atoms. The van der Waals surface area contributed by atoms with E-state index in [2.05, 4.69) is 5.92 Å². The number of aliphatic carboxylic acids is 1. The van der Waals surface area contributed by atoms with Gasteiger partial charge in [0, 0.05) is 6.08 Å². The van der Waals surface area contributed by atoms with E-state index in [-0.39, 0.29) is 12.5 Å². The van der Waals surface area contributed by atoms with Crippen LogP contribution < -0.4 is 14.4 Å². The number of carbonyl (C=O) groups excluding carboxylic acids is 1. The van der Waals surface area contributed by atoms with Gasteiger partial charge < -0.3 is 14.6 Å². The number of carboxylic acid groups (broad SMARTS) is 1. The number of benzene rings is 1. The summed E-state index contributed by atoms with van der Waals surface area (Å²) in [6.07, 6.45) is 7.72. The smallest absolute Gasteiger partial charge is 0.328 e. The first-order valence-electron chi connectivity index (χ1n) is 7.65. The SMILES string of the molecule is C#CCN1C(=O)C(CC)Oc2c(OCC)cc(/C=C/C(=O)O)cc21. The van der Waals surface area contributed by atoms with Crippen LogP contribution in [0.1, 0.15) is 25.8 Å². The number of carbonyl (C=O) groups is 2. The van der Waals surface area contributed by atoms with Gasteiger partial charge in [-0.25, -0.2) is 4.79 Å². The number of fused-ring (bicyclic) bond motifs is 1. The van der Waals surface area contributed by atoms with Crippen LogP contribution in [0.2, 0.25) is 0 Å². The number of hydrogen-bond donors (Lipinski definition) is 1. The van der Waals surface area contributed by atoms with Gasteiger partial charge in [-0.3, -0.25) is 9.69 Å². The molecule has 1 aliphatic rings. The van der Waals surface area contributed by atoms with Gasteiger partial charge in [0.1, 0.15) is 0 Å². The van der Waals surface area contributed by atoms with Crippen LogP contribution >= 0.6 is 0 Å². The predicted octanol–water partition coefficient (Wildman–Crippen LogP) is 2.32. The van der Waals surface area contributed by atoms with Gasteiger partial charge in [-0.2, -0.15) is 0 Å². The number of amides is 1. The Morgan fingerprint density at radius 1 is 1.50 bits per heavy atom. The zero-order chi connectivity index (χ0) is 17.7. The van der Waals surface area contributed by atoms with Crippen LogP contribution in [-0.2, 0) is 9.59 Å². The van der Waals surface area contributed by atoms with Gasteiger partial charge in [-0.1, -0.05) is 12.8 Å². The molecule has 1 aromatic carbocycles. The van der Waals surface area contributed by atoms with E-state index in [0.29, 0.717) is 35.8 Å². The summed E-state index contributed by atoms with van der Waals surface area (Å²) in [5.41, 5.74) is 1.06. The highest BCUT2D eigenvalue weighted by Gasteiger charge is 2.35. The Morgan fingerprint density at radius 2 is 2.25 bits per heavy atom. The molecule has 1 N–H and O–H groups in total. The van der Waals surface area contributed by atoms with Gasteiger partial charge in [0.05, 0.1) is 18.8 Å². The van der Waals surface area contributed by atoms with E-state index in [4.69, 9.17) is 21.0 Å². The average Bonchev–Trinajstić information content (AvgIpc) is 2.55. The maximum Gasteiger partial charge on any atom is 0.328 e. The molecule has 0 radical (unpaired) electrons. The van der Waals surface area contributed by atoms with Crippen molar-refractivity contribution in [1.82, 2.24) is 0 Å². The molecule has 0 aromatic heterocycles. The van der Waals surface area contributed by atoms with Crippen molar-refractivity contribution in [3.8, 4) is 23.8 Å². The first-order valence-corrected chi connectivity index (χ1v) is 7.65. The minimum absolute atomic E-state index is 0.101. The summed E-state index contributed by atoms with van der Waals surface area (Å²) in [5.74, 6) is 2.09. The second-order valence-corrected chi connectivity index (χ2v) is 5.12. The Morgan fingerprint density at radius 3 is 2.83 bits per heavy atom. The molecule has 0 saturated heterocycles. The van der Waals surface area contributed by atoms with Gasteiger partial charge in [0.2, 0.25) is 0 Å². The van der Waals surface area contributed by atoms with Crippen LogP contribution in [0.4, 0.5) is 5.69 Å². The number of nitrogens with zero attached hydrogens (tertiary/aromatic N) is 1. The molecule has 1 amide bonds. The summed E-state index contributed by atoms with van der Waals surface area (Å²) >= 11 is 0. The fraction of sp³-hybridized carbons (Fsp3) is 0.333. The highest BCUT2D eigenvalue weighted by molar-refractivity contribution is 6.01. The quantitative estimate of drug-likeness (QED) is 0.640. The van der Waals surface area contributed by atoms with Crippen molar-refractivity contribution in [3.63, 3.8) is 0 Å². The van der Waals surface area contributed by atoms with Crippen molar-refractivity contribution in [2.24, 2.45) is 0 Å². The lowest BCUT2D eigenvalue weighted by Crippen LogP contribution is -2.46. The zero-order valence-electron chi connectivity index (χ0n) is 13.6. The van der Waals surface area contributed by atoms with E-state index in [0.717, 1.165) is 6.08 Å². The maximum absolute atomic E-state index is 12.5. The summed E-state index contributed by atoms with van der Waals surface area (Å²) in [6, 6.07) is 3.34. The number of ether oxygens (including phenoxy) is 2. The normalized spacial score (nSPS) is 16.5. The van der Waals surface area contributed by atoms with Crippen LogP contribution in [0.15, 0.2) is 18.2 Å². The summed E-state index contributed by atoms with van der Waals surface area (Å²) in [5, 5.41) is 8.80. The standard InChI is InChI=1S/C18H19NO5/c1-4-9-19-13-10-12(7-8-16(20)21)11-15(23-6-3)17(13)24-14(5-2)18(19)22/h1,7-8,10-11,14H,5-6,9H2,2-3H3,(H,20,21)/b8-7+. The van der Waals surface area contributed by atoms with Gasteiger partial charge in [0.15, 0.2) is 17.6 Å². The molecule has 1 unspecified atom stereocenters. The lowest BCUT2D eigenvalue weighted by molar-refractivity contribution is -0.131. The van der Waals surface area contributed by atoms with E-state index in [1.54, 1.807) is 12.1 Å². The van der Waals surface area contributed by atoms with E-state index >= 15 is 0 Å². The fourth-order valence-electron chi connectivity index (χ4n) is 2.45. The molecule has 0 bridgehead atoms. The van der Waals surface area contributed by atoms with Crippen molar-refractivity contribution in [2.75, 3.05) is 18.1 Å². The zero-order valence-corrected chi connectivity index (χ0v) is 13.6. The van der Waals surface area contributed by atoms with Crippen molar-refractivity contribution < 1.29 is 24.2 Å². The van der Waals surface area contributed by atoms with Crippen LogP contribution in [0.25, 0.3) is 6.08 Å². The Labute approximate surface area is 140 Å². The predicted molar refractivity (Wildman–Crippen MR) is 90.2 cm³/mol. The first-order chi connectivity index (χ1) is 11.5. The van der Waals surface area contributed by atoms with Gasteiger partial charge in [-0.15, -0.1) is 6.42 Å². The largest absolute Gasteiger partial charge is 0.490 e. The van der Waals surface area contributed by atoms with Gasteiger partial charge in [-0.05, 0) is 37.1 Å². The number of rotatable bonds is 6. The van der Waals surface area contributed by atoms with Crippen molar-refractivity contribution >= 4 is 23.6 Å². The molecule has 0 aliphatic carbocycles. The Balaban J connectivity index is 2.59. The highest BCUT2D eigenvalue weighted by atomic mass is 16.5. The molecular formula is C18H19NO5. The molecule has 1 heterocycles. The molecule has 6 nitrogen and oxygen atoms in total. The third-order valence-corrected chi connectivity index (χ3v) is 3.49. The first kappa shape index (κ1) is 17.4. The fourth-order valence-corrected chi connectivity index (χ4v) is 2.45. The molecule has 6 heteroatoms. The number of carboxylic acids is 1. The maximum atomic E-state index is 12.5. The molecule has 1 aliphatic heterocycles. The molecule has 0 saturated carbocycles. The second kappa shape index (κ2) is 7.55. The molecule has 1 aromatic rings. The summed E-state index contributed by atoms with van der Waals surface area (Å²) in [4.78, 5) is 24.7. The Hall–Kier alpha value is -2.94. The number of hydrogen-bond acceptors (Lipinski definition) is 4. The summed E-state index contributed by atoms with van der Waals surface area (Å²) in [7, 11) is 0. The van der Waals surface area contributed by atoms with Gasteiger partial charge in [0.25, 0.3) is 5.91 Å². The van der Waals surface area contributed by atoms with Gasteiger partial charge >= 0.3 is 5.97 Å². The minimum Gasteiger partial charge on any atom is -0.490 e. The average molecular weight is 329 g/mol. The lowest BCUT2D eigenvalue weighted by atomic mass is 10.1.